The lowest BCUT2D eigenvalue weighted by atomic mass is 9.95. The maximum atomic E-state index is 12.0. The van der Waals surface area contributed by atoms with Crippen LogP contribution in [0.25, 0.3) is 0 Å². The Morgan fingerprint density at radius 1 is 0.700 bits per heavy atom. The molecule has 0 aromatic carbocycles. The maximum Gasteiger partial charge on any atom is 0.303 e. The Labute approximate surface area is 229 Å². The van der Waals surface area contributed by atoms with Gasteiger partial charge in [0, 0.05) is 48.0 Å². The molecule has 0 spiro atoms. The van der Waals surface area contributed by atoms with E-state index in [1.54, 1.807) is 0 Å². The van der Waals surface area contributed by atoms with Crippen LogP contribution in [0.5, 0.6) is 0 Å². The third kappa shape index (κ3) is 10.0. The molecule has 16 heteroatoms. The zero-order valence-electron chi connectivity index (χ0n) is 23.0. The van der Waals surface area contributed by atoms with Gasteiger partial charge in [0.15, 0.2) is 24.8 Å². The van der Waals surface area contributed by atoms with Crippen LogP contribution in [0.4, 0.5) is 0 Å². The quantitative estimate of drug-likeness (QED) is 0.227. The van der Waals surface area contributed by atoms with Crippen LogP contribution in [0, 0.1) is 0 Å². The van der Waals surface area contributed by atoms with Crippen molar-refractivity contribution < 1.29 is 71.8 Å². The van der Waals surface area contributed by atoms with Crippen LogP contribution in [-0.4, -0.2) is 109 Å². The van der Waals surface area contributed by atoms with Crippen LogP contribution >= 0.6 is 0 Å². The average Bonchev–Trinajstić information content (AvgIpc) is 2.81. The number of esters is 5. The van der Waals surface area contributed by atoms with Gasteiger partial charge in [-0.25, -0.2) is 0 Å². The van der Waals surface area contributed by atoms with Crippen LogP contribution in [0.1, 0.15) is 48.0 Å². The molecule has 2 N–H and O–H groups in total. The smallest absolute Gasteiger partial charge is 0.303 e. The third-order valence-corrected chi connectivity index (χ3v) is 5.65. The Hall–Kier alpha value is -3.34. The molecule has 2 aliphatic heterocycles. The summed E-state index contributed by atoms with van der Waals surface area (Å²) in [6.45, 7) is 5.96. The van der Waals surface area contributed by atoms with E-state index in [2.05, 4.69) is 5.32 Å². The number of hydrogen-bond donors (Lipinski definition) is 2. The highest BCUT2D eigenvalue weighted by Gasteiger charge is 2.52. The van der Waals surface area contributed by atoms with Gasteiger partial charge in [-0.05, 0) is 0 Å². The molecule has 0 bridgehead atoms. The number of rotatable bonds is 10. The first-order valence-corrected chi connectivity index (χ1v) is 12.4. The van der Waals surface area contributed by atoms with Gasteiger partial charge in [-0.3, -0.25) is 28.8 Å². The summed E-state index contributed by atoms with van der Waals surface area (Å²) in [6, 6.07) is -1.31. The standard InChI is InChI=1S/C24H35NO15/c1-10(26)25-20-23(37-15(6)31)22(18(39-24(20)32)9-34-12(3)28)40-19-7-16(35-13(4)29)21(36-14(5)30)17(38-19)8-33-11(2)27/h16-24,32H,7-9H2,1-6H3,(H,25,26)/t16-,17-,18-,19+,20-,21-,22-,23-,24+/m1/s1. The number of aliphatic hydroxyl groups excluding tert-OH is 1. The summed E-state index contributed by atoms with van der Waals surface area (Å²) in [7, 11) is 0. The van der Waals surface area contributed by atoms with Crippen molar-refractivity contribution in [2.24, 2.45) is 0 Å². The van der Waals surface area contributed by atoms with E-state index in [1.807, 2.05) is 0 Å². The summed E-state index contributed by atoms with van der Waals surface area (Å²) < 4.78 is 43.7. The lowest BCUT2D eigenvalue weighted by Crippen LogP contribution is -2.67. The van der Waals surface area contributed by atoms with E-state index < -0.39 is 104 Å². The van der Waals surface area contributed by atoms with Crippen molar-refractivity contribution in [3.63, 3.8) is 0 Å². The van der Waals surface area contributed by atoms with Gasteiger partial charge in [0.05, 0.1) is 0 Å². The van der Waals surface area contributed by atoms with Gasteiger partial charge in [0.2, 0.25) is 5.91 Å². The van der Waals surface area contributed by atoms with Crippen molar-refractivity contribution >= 4 is 35.8 Å². The number of carbonyl (C=O) groups excluding carboxylic acids is 6. The van der Waals surface area contributed by atoms with E-state index in [1.165, 1.54) is 6.92 Å². The molecule has 0 aromatic heterocycles. The second-order valence-corrected chi connectivity index (χ2v) is 9.13. The molecule has 0 aromatic rings. The largest absolute Gasteiger partial charge is 0.463 e. The molecule has 40 heavy (non-hydrogen) atoms. The fourth-order valence-corrected chi connectivity index (χ4v) is 4.30. The minimum atomic E-state index is -1.69. The predicted octanol–water partition coefficient (Wildman–Crippen LogP) is -1.37. The molecular weight excluding hydrogens is 542 g/mol. The number of amides is 1. The maximum absolute atomic E-state index is 12.0. The molecule has 2 rings (SSSR count). The van der Waals surface area contributed by atoms with Crippen LogP contribution in [0.15, 0.2) is 0 Å². The van der Waals surface area contributed by atoms with Gasteiger partial charge < -0.3 is 48.3 Å². The van der Waals surface area contributed by atoms with Crippen molar-refractivity contribution in [2.45, 2.75) is 103 Å². The predicted molar refractivity (Wildman–Crippen MR) is 127 cm³/mol. The number of aliphatic hydroxyl groups is 1. The molecule has 1 amide bonds. The zero-order chi connectivity index (χ0) is 30.1. The van der Waals surface area contributed by atoms with Gasteiger partial charge >= 0.3 is 29.8 Å². The summed E-state index contributed by atoms with van der Waals surface area (Å²) in [4.78, 5) is 70.4. The van der Waals surface area contributed by atoms with Crippen molar-refractivity contribution in [1.82, 2.24) is 5.32 Å². The molecule has 2 heterocycles. The normalized spacial score (nSPS) is 31.7. The van der Waals surface area contributed by atoms with Gasteiger partial charge in [-0.15, -0.1) is 0 Å². The highest BCUT2D eigenvalue weighted by atomic mass is 16.7. The molecule has 2 fully saturated rings. The topological polar surface area (TPSA) is 209 Å². The summed E-state index contributed by atoms with van der Waals surface area (Å²) in [5.41, 5.74) is 0. The monoisotopic (exact) mass is 577 g/mol. The highest BCUT2D eigenvalue weighted by molar-refractivity contribution is 5.73. The fraction of sp³-hybridized carbons (Fsp3) is 0.750. The molecule has 0 radical (unpaired) electrons. The van der Waals surface area contributed by atoms with E-state index in [9.17, 15) is 33.9 Å². The number of nitrogens with one attached hydrogen (secondary N) is 1. The summed E-state index contributed by atoms with van der Waals surface area (Å²) >= 11 is 0. The van der Waals surface area contributed by atoms with Crippen molar-refractivity contribution in [1.29, 1.82) is 0 Å². The summed E-state index contributed by atoms with van der Waals surface area (Å²) in [6.07, 6.45) is -10.6. The van der Waals surface area contributed by atoms with E-state index >= 15 is 0 Å². The molecular formula is C24H35NO15. The van der Waals surface area contributed by atoms with Gasteiger partial charge in [-0.1, -0.05) is 0 Å². The number of ether oxygens (including phenoxy) is 8. The Morgan fingerprint density at radius 2 is 1.20 bits per heavy atom. The van der Waals surface area contributed by atoms with Crippen LogP contribution < -0.4 is 5.32 Å². The Kier molecular flexibility index (Phi) is 12.2. The van der Waals surface area contributed by atoms with E-state index in [-0.39, 0.29) is 6.42 Å². The van der Waals surface area contributed by atoms with E-state index in [4.69, 9.17) is 37.9 Å². The summed E-state index contributed by atoms with van der Waals surface area (Å²) in [5, 5.41) is 13.0. The Bertz CT molecular complexity index is 955. The van der Waals surface area contributed by atoms with Gasteiger partial charge in [0.25, 0.3) is 0 Å². The minimum absolute atomic E-state index is 0.217. The number of carbonyl (C=O) groups is 6. The van der Waals surface area contributed by atoms with Crippen LogP contribution in [0.3, 0.4) is 0 Å². The second-order valence-electron chi connectivity index (χ2n) is 9.13. The van der Waals surface area contributed by atoms with E-state index in [0.29, 0.717) is 0 Å². The van der Waals surface area contributed by atoms with E-state index in [0.717, 1.165) is 34.6 Å². The average molecular weight is 578 g/mol. The highest BCUT2D eigenvalue weighted by Crippen LogP contribution is 2.32. The van der Waals surface area contributed by atoms with Crippen molar-refractivity contribution in [2.75, 3.05) is 13.2 Å². The molecule has 0 saturated carbocycles. The first kappa shape index (κ1) is 32.9. The van der Waals surface area contributed by atoms with Crippen LogP contribution in [0.2, 0.25) is 0 Å². The lowest BCUT2D eigenvalue weighted by molar-refractivity contribution is -0.323. The Morgan fingerprint density at radius 3 is 1.68 bits per heavy atom. The molecule has 2 aliphatic rings. The SMILES string of the molecule is CC(=O)N[C@@H]1[C@@H](OC(C)=O)[C@H](O[C@H]2C[C@@H](OC(C)=O)[C@@H](OC(C)=O)[C@@H](COC(C)=O)O2)[C@@H](COC(C)=O)O[C@@H]1O. The zero-order valence-corrected chi connectivity index (χ0v) is 23.0. The summed E-state index contributed by atoms with van der Waals surface area (Å²) in [5.74, 6) is -4.16. The second kappa shape index (κ2) is 14.9. The molecule has 0 unspecified atom stereocenters. The first-order valence-electron chi connectivity index (χ1n) is 12.4. The minimum Gasteiger partial charge on any atom is -0.463 e. The first-order chi connectivity index (χ1) is 18.7. The third-order valence-electron chi connectivity index (χ3n) is 5.65. The molecule has 226 valence electrons. The van der Waals surface area contributed by atoms with Crippen LogP contribution in [-0.2, 0) is 66.7 Å². The van der Waals surface area contributed by atoms with Crippen molar-refractivity contribution in [3.05, 3.63) is 0 Å². The van der Waals surface area contributed by atoms with Gasteiger partial charge in [0.1, 0.15) is 43.7 Å². The Balaban J connectivity index is 2.45. The van der Waals surface area contributed by atoms with Gasteiger partial charge in [-0.2, -0.15) is 0 Å². The fourth-order valence-electron chi connectivity index (χ4n) is 4.30. The lowest BCUT2D eigenvalue weighted by Gasteiger charge is -2.46. The molecule has 2 saturated heterocycles. The van der Waals surface area contributed by atoms with Crippen molar-refractivity contribution in [3.8, 4) is 0 Å². The molecule has 16 nitrogen and oxygen atoms in total. The molecule has 9 atom stereocenters. The number of hydrogen-bond acceptors (Lipinski definition) is 15. The molecule has 0 aliphatic carbocycles.